The minimum absolute atomic E-state index is 0.0180. The number of aryl methyl sites for hydroxylation is 1. The van der Waals surface area contributed by atoms with E-state index in [9.17, 15) is 4.79 Å². The van der Waals surface area contributed by atoms with Crippen LogP contribution in [0.25, 0.3) is 0 Å². The molecule has 0 saturated carbocycles. The van der Waals surface area contributed by atoms with Gasteiger partial charge in [-0.2, -0.15) is 0 Å². The Bertz CT molecular complexity index is 709. The summed E-state index contributed by atoms with van der Waals surface area (Å²) in [4.78, 5) is 15.0. The van der Waals surface area contributed by atoms with Gasteiger partial charge in [-0.3, -0.25) is 4.79 Å². The molecule has 0 spiro atoms. The van der Waals surface area contributed by atoms with E-state index >= 15 is 0 Å². The highest BCUT2D eigenvalue weighted by molar-refractivity contribution is 5.96. The molecular weight excluding hydrogens is 304 g/mol. The van der Waals surface area contributed by atoms with Gasteiger partial charge in [0.15, 0.2) is 5.76 Å². The third kappa shape index (κ3) is 3.22. The summed E-state index contributed by atoms with van der Waals surface area (Å²) in [5.74, 6) is 0.759. The highest BCUT2D eigenvalue weighted by atomic mass is 16.5. The maximum Gasteiger partial charge on any atom is 0.259 e. The standard InChI is InChI=1S/C19H24N2O3/c1-12(2)18-17(14(4)20-24-18)19(22)21-10-13(3)23-16(11-21)15-8-6-5-7-9-15/h5-9,12-13,16H,10-11H2,1-4H3/t13-,16+/m1/s1. The SMILES string of the molecule is Cc1noc(C(C)C)c1C(=O)N1C[C@@H](C)O[C@H](c2ccccc2)C1. The third-order valence-electron chi connectivity index (χ3n) is 4.35. The summed E-state index contributed by atoms with van der Waals surface area (Å²) >= 11 is 0. The van der Waals surface area contributed by atoms with Crippen molar-refractivity contribution in [1.82, 2.24) is 10.1 Å². The summed E-state index contributed by atoms with van der Waals surface area (Å²) in [7, 11) is 0. The van der Waals surface area contributed by atoms with Crippen LogP contribution in [0, 0.1) is 6.92 Å². The number of nitrogens with zero attached hydrogens (tertiary/aromatic N) is 2. The molecule has 1 amide bonds. The lowest BCUT2D eigenvalue weighted by atomic mass is 10.0. The Morgan fingerprint density at radius 1 is 1.25 bits per heavy atom. The molecule has 5 heteroatoms. The first kappa shape index (κ1) is 16.7. The Kier molecular flexibility index (Phi) is 4.71. The van der Waals surface area contributed by atoms with E-state index in [1.54, 1.807) is 0 Å². The number of carbonyl (C=O) groups excluding carboxylic acids is 1. The molecule has 128 valence electrons. The smallest absolute Gasteiger partial charge is 0.259 e. The number of hydrogen-bond acceptors (Lipinski definition) is 4. The van der Waals surface area contributed by atoms with Gasteiger partial charge in [0.05, 0.1) is 18.3 Å². The van der Waals surface area contributed by atoms with Crippen LogP contribution in [0.5, 0.6) is 0 Å². The summed E-state index contributed by atoms with van der Waals surface area (Å²) in [6, 6.07) is 10.0. The molecule has 1 saturated heterocycles. The minimum Gasteiger partial charge on any atom is -0.367 e. The van der Waals surface area contributed by atoms with E-state index in [4.69, 9.17) is 9.26 Å². The molecule has 1 aliphatic heterocycles. The van der Waals surface area contributed by atoms with E-state index in [1.807, 2.05) is 62.9 Å². The molecule has 2 heterocycles. The predicted octanol–water partition coefficient (Wildman–Crippen LogP) is 3.71. The molecule has 2 atom stereocenters. The van der Waals surface area contributed by atoms with Gasteiger partial charge in [-0.25, -0.2) is 0 Å². The number of aromatic nitrogens is 1. The average molecular weight is 328 g/mol. The van der Waals surface area contributed by atoms with Crippen LogP contribution < -0.4 is 0 Å². The lowest BCUT2D eigenvalue weighted by Crippen LogP contribution is -2.46. The molecule has 0 bridgehead atoms. The topological polar surface area (TPSA) is 55.6 Å². The van der Waals surface area contributed by atoms with Crippen molar-refractivity contribution in [3.8, 4) is 0 Å². The van der Waals surface area contributed by atoms with Crippen molar-refractivity contribution in [2.24, 2.45) is 0 Å². The van der Waals surface area contributed by atoms with Gasteiger partial charge in [0.2, 0.25) is 0 Å². The lowest BCUT2D eigenvalue weighted by Gasteiger charge is -2.37. The molecule has 2 aromatic rings. The summed E-state index contributed by atoms with van der Waals surface area (Å²) in [5, 5.41) is 4.00. The van der Waals surface area contributed by atoms with Crippen LogP contribution in [0.15, 0.2) is 34.9 Å². The van der Waals surface area contributed by atoms with E-state index in [2.05, 4.69) is 5.16 Å². The predicted molar refractivity (Wildman–Crippen MR) is 91.0 cm³/mol. The first-order valence-electron chi connectivity index (χ1n) is 8.43. The zero-order valence-electron chi connectivity index (χ0n) is 14.7. The second-order valence-electron chi connectivity index (χ2n) is 6.72. The van der Waals surface area contributed by atoms with Crippen molar-refractivity contribution in [1.29, 1.82) is 0 Å². The molecule has 0 radical (unpaired) electrons. The van der Waals surface area contributed by atoms with Gasteiger partial charge in [-0.05, 0) is 19.4 Å². The Labute approximate surface area is 142 Å². The number of rotatable bonds is 3. The fourth-order valence-corrected chi connectivity index (χ4v) is 3.17. The van der Waals surface area contributed by atoms with Crippen LogP contribution in [0.3, 0.4) is 0 Å². The van der Waals surface area contributed by atoms with Gasteiger partial charge in [0.1, 0.15) is 11.7 Å². The van der Waals surface area contributed by atoms with Crippen molar-refractivity contribution >= 4 is 5.91 Å². The van der Waals surface area contributed by atoms with Crippen LogP contribution in [-0.2, 0) is 4.74 Å². The van der Waals surface area contributed by atoms with Gasteiger partial charge in [0, 0.05) is 12.5 Å². The van der Waals surface area contributed by atoms with Crippen molar-refractivity contribution < 1.29 is 14.1 Å². The number of benzene rings is 1. The fourth-order valence-electron chi connectivity index (χ4n) is 3.17. The van der Waals surface area contributed by atoms with E-state index in [0.29, 0.717) is 30.1 Å². The Morgan fingerprint density at radius 2 is 1.96 bits per heavy atom. The Balaban J connectivity index is 1.86. The van der Waals surface area contributed by atoms with Crippen LogP contribution in [0.2, 0.25) is 0 Å². The van der Waals surface area contributed by atoms with Crippen LogP contribution in [-0.4, -0.2) is 35.2 Å². The molecule has 1 aliphatic rings. The Hall–Kier alpha value is -2.14. The number of carbonyl (C=O) groups is 1. The second kappa shape index (κ2) is 6.77. The zero-order chi connectivity index (χ0) is 17.3. The van der Waals surface area contributed by atoms with Gasteiger partial charge >= 0.3 is 0 Å². The maximum atomic E-state index is 13.1. The molecule has 0 N–H and O–H groups in total. The number of amides is 1. The van der Waals surface area contributed by atoms with Crippen LogP contribution in [0.4, 0.5) is 0 Å². The second-order valence-corrected chi connectivity index (χ2v) is 6.72. The lowest BCUT2D eigenvalue weighted by molar-refractivity contribution is -0.0692. The molecule has 5 nitrogen and oxygen atoms in total. The highest BCUT2D eigenvalue weighted by Gasteiger charge is 2.33. The van der Waals surface area contributed by atoms with Gasteiger partial charge < -0.3 is 14.2 Å². The number of morpholine rings is 1. The van der Waals surface area contributed by atoms with E-state index in [0.717, 1.165) is 5.56 Å². The zero-order valence-corrected chi connectivity index (χ0v) is 14.7. The summed E-state index contributed by atoms with van der Waals surface area (Å²) in [6.45, 7) is 8.94. The first-order valence-corrected chi connectivity index (χ1v) is 8.43. The van der Waals surface area contributed by atoms with Gasteiger partial charge in [-0.15, -0.1) is 0 Å². The van der Waals surface area contributed by atoms with Crippen LogP contribution in [0.1, 0.15) is 60.2 Å². The molecule has 0 unspecified atom stereocenters. The number of hydrogen-bond donors (Lipinski definition) is 0. The van der Waals surface area contributed by atoms with Crippen molar-refractivity contribution in [3.05, 3.63) is 52.9 Å². The molecule has 1 fully saturated rings. The molecule has 1 aromatic carbocycles. The normalized spacial score (nSPS) is 21.3. The van der Waals surface area contributed by atoms with Gasteiger partial charge in [-0.1, -0.05) is 49.3 Å². The molecule has 24 heavy (non-hydrogen) atoms. The maximum absolute atomic E-state index is 13.1. The third-order valence-corrected chi connectivity index (χ3v) is 4.35. The Morgan fingerprint density at radius 3 is 2.62 bits per heavy atom. The summed E-state index contributed by atoms with van der Waals surface area (Å²) in [6.07, 6.45) is -0.128. The quantitative estimate of drug-likeness (QED) is 0.862. The van der Waals surface area contributed by atoms with Crippen molar-refractivity contribution in [2.75, 3.05) is 13.1 Å². The van der Waals surface area contributed by atoms with E-state index in [-0.39, 0.29) is 24.0 Å². The van der Waals surface area contributed by atoms with Crippen LogP contribution >= 0.6 is 0 Å². The van der Waals surface area contributed by atoms with Crippen molar-refractivity contribution in [2.45, 2.75) is 45.8 Å². The first-order chi connectivity index (χ1) is 11.5. The average Bonchev–Trinajstić information content (AvgIpc) is 2.96. The van der Waals surface area contributed by atoms with E-state index in [1.165, 1.54) is 0 Å². The van der Waals surface area contributed by atoms with Gasteiger partial charge in [0.25, 0.3) is 5.91 Å². The number of ether oxygens (including phenoxy) is 1. The molecule has 3 rings (SSSR count). The minimum atomic E-state index is -0.110. The highest BCUT2D eigenvalue weighted by Crippen LogP contribution is 2.29. The fraction of sp³-hybridized carbons (Fsp3) is 0.474. The molecule has 1 aromatic heterocycles. The molecule has 0 aliphatic carbocycles. The molecular formula is C19H24N2O3. The summed E-state index contributed by atoms with van der Waals surface area (Å²) in [5.41, 5.74) is 2.35. The summed E-state index contributed by atoms with van der Waals surface area (Å²) < 4.78 is 11.4. The largest absolute Gasteiger partial charge is 0.367 e. The van der Waals surface area contributed by atoms with E-state index < -0.39 is 0 Å². The monoisotopic (exact) mass is 328 g/mol. The van der Waals surface area contributed by atoms with Crippen molar-refractivity contribution in [3.63, 3.8) is 0 Å².